The first-order valence-corrected chi connectivity index (χ1v) is 10.1. The predicted molar refractivity (Wildman–Crippen MR) is 102 cm³/mol. The molecule has 2 amide bonds. The Morgan fingerprint density at radius 2 is 1.93 bits per heavy atom. The Labute approximate surface area is 157 Å². The second-order valence-corrected chi connectivity index (χ2v) is 8.21. The van der Waals surface area contributed by atoms with Crippen molar-refractivity contribution in [2.45, 2.75) is 18.7 Å². The molecule has 3 rings (SSSR count). The third-order valence-electron chi connectivity index (χ3n) is 4.30. The largest absolute Gasteiger partial charge is 0.497 e. The van der Waals surface area contributed by atoms with Crippen molar-refractivity contribution in [3.8, 4) is 5.75 Å². The molecule has 1 fully saturated rings. The summed E-state index contributed by atoms with van der Waals surface area (Å²) in [5.74, 6) is -0.639. The highest BCUT2D eigenvalue weighted by Crippen LogP contribution is 2.38. The third kappa shape index (κ3) is 3.80. The van der Waals surface area contributed by atoms with E-state index in [0.717, 1.165) is 0 Å². The van der Waals surface area contributed by atoms with Crippen molar-refractivity contribution >= 4 is 33.0 Å². The number of benzene rings is 2. The van der Waals surface area contributed by atoms with Crippen molar-refractivity contribution < 1.29 is 22.7 Å². The van der Waals surface area contributed by atoms with E-state index in [9.17, 15) is 18.0 Å². The summed E-state index contributed by atoms with van der Waals surface area (Å²) in [6.45, 7) is 1.73. The number of amides is 2. The molecule has 0 saturated carbocycles. The summed E-state index contributed by atoms with van der Waals surface area (Å²) >= 11 is 0. The van der Waals surface area contributed by atoms with Crippen molar-refractivity contribution in [2.24, 2.45) is 0 Å². The maximum atomic E-state index is 12.7. The molecule has 2 aromatic carbocycles. The van der Waals surface area contributed by atoms with Crippen LogP contribution in [0.2, 0.25) is 0 Å². The Morgan fingerprint density at radius 1 is 1.22 bits per heavy atom. The average Bonchev–Trinajstić information content (AvgIpc) is 2.90. The molecule has 1 N–H and O–H groups in total. The smallest absolute Gasteiger partial charge is 0.243 e. The lowest BCUT2D eigenvalue weighted by atomic mass is 10.1. The number of sulfone groups is 1. The second-order valence-electron chi connectivity index (χ2n) is 6.15. The summed E-state index contributed by atoms with van der Waals surface area (Å²) in [5, 5.41) is 1.60. The van der Waals surface area contributed by atoms with Crippen LogP contribution in [0.5, 0.6) is 5.75 Å². The molecule has 1 atom stereocenters. The van der Waals surface area contributed by atoms with Gasteiger partial charge in [-0.25, -0.2) is 8.42 Å². The van der Waals surface area contributed by atoms with E-state index in [1.807, 2.05) is 0 Å². The van der Waals surface area contributed by atoms with Crippen molar-refractivity contribution in [2.75, 3.05) is 23.1 Å². The van der Waals surface area contributed by atoms with E-state index < -0.39 is 26.9 Å². The molecule has 1 saturated heterocycles. The van der Waals surface area contributed by atoms with Crippen LogP contribution >= 0.6 is 0 Å². The van der Waals surface area contributed by atoms with Crippen LogP contribution in [0.15, 0.2) is 48.5 Å². The number of ether oxygens (including phenoxy) is 1. The zero-order valence-electron chi connectivity index (χ0n) is 15.0. The summed E-state index contributed by atoms with van der Waals surface area (Å²) in [6, 6.07) is 13.2. The summed E-state index contributed by atoms with van der Waals surface area (Å²) in [7, 11) is -2.18. The molecule has 142 valence electrons. The molecular formula is C19H20N2O5S. The van der Waals surface area contributed by atoms with Gasteiger partial charge < -0.3 is 10.1 Å². The molecule has 2 aromatic rings. The van der Waals surface area contributed by atoms with Crippen LogP contribution in [-0.4, -0.2) is 33.1 Å². The molecule has 0 aliphatic carbocycles. The number of nitrogens with zero attached hydrogens (tertiary/aromatic N) is 1. The topological polar surface area (TPSA) is 92.8 Å². The molecule has 0 spiro atoms. The molecule has 0 radical (unpaired) electrons. The Morgan fingerprint density at radius 3 is 2.56 bits per heavy atom. The molecule has 1 heterocycles. The number of rotatable bonds is 5. The minimum absolute atomic E-state index is 0.167. The van der Waals surface area contributed by atoms with Crippen LogP contribution < -0.4 is 15.0 Å². The molecule has 1 aliphatic heterocycles. The van der Waals surface area contributed by atoms with Crippen LogP contribution in [0.25, 0.3) is 0 Å². The van der Waals surface area contributed by atoms with Gasteiger partial charge in [-0.05, 0) is 35.9 Å². The number of methoxy groups -OCH3 is 1. The summed E-state index contributed by atoms with van der Waals surface area (Å²) in [6.07, 6.45) is 0.315. The number of carbonyl (C=O) groups is 2. The van der Waals surface area contributed by atoms with Gasteiger partial charge in [-0.3, -0.25) is 14.5 Å². The minimum Gasteiger partial charge on any atom is -0.497 e. The highest BCUT2D eigenvalue weighted by atomic mass is 32.2. The molecule has 1 aliphatic rings. The third-order valence-corrected chi connectivity index (χ3v) is 6.11. The van der Waals surface area contributed by atoms with Gasteiger partial charge in [0.15, 0.2) is 15.2 Å². The SMILES string of the molecule is CCC(=O)Nc1cccc(N2C(=O)CS(=O)(=O)[C@@H]2c2ccc(OC)cc2)c1. The van der Waals surface area contributed by atoms with Crippen LogP contribution in [0.4, 0.5) is 11.4 Å². The van der Waals surface area contributed by atoms with Crippen LogP contribution in [-0.2, 0) is 19.4 Å². The molecule has 0 bridgehead atoms. The number of hydrogen-bond acceptors (Lipinski definition) is 5. The Bertz CT molecular complexity index is 970. The highest BCUT2D eigenvalue weighted by Gasteiger charge is 2.45. The number of hydrogen-bond donors (Lipinski definition) is 1. The Kier molecular flexibility index (Phi) is 5.18. The lowest BCUT2D eigenvalue weighted by Crippen LogP contribution is -2.29. The molecule has 7 nitrogen and oxygen atoms in total. The predicted octanol–water partition coefficient (Wildman–Crippen LogP) is 2.50. The molecule has 0 aromatic heterocycles. The lowest BCUT2D eigenvalue weighted by Gasteiger charge is -2.24. The Balaban J connectivity index is 2.02. The number of nitrogens with one attached hydrogen (secondary N) is 1. The van der Waals surface area contributed by atoms with E-state index in [4.69, 9.17) is 4.74 Å². The molecular weight excluding hydrogens is 368 g/mol. The van der Waals surface area contributed by atoms with E-state index in [1.165, 1.54) is 12.0 Å². The average molecular weight is 388 g/mol. The highest BCUT2D eigenvalue weighted by molar-refractivity contribution is 7.93. The second kappa shape index (κ2) is 7.40. The van der Waals surface area contributed by atoms with Crippen molar-refractivity contribution in [3.63, 3.8) is 0 Å². The Hall–Kier alpha value is -2.87. The first-order valence-electron chi connectivity index (χ1n) is 8.43. The van der Waals surface area contributed by atoms with Crippen molar-refractivity contribution in [1.82, 2.24) is 0 Å². The summed E-state index contributed by atoms with van der Waals surface area (Å²) in [4.78, 5) is 25.4. The van der Waals surface area contributed by atoms with Crippen molar-refractivity contribution in [1.29, 1.82) is 0 Å². The van der Waals surface area contributed by atoms with Gasteiger partial charge >= 0.3 is 0 Å². The van der Waals surface area contributed by atoms with Crippen LogP contribution in [0, 0.1) is 0 Å². The van der Waals surface area contributed by atoms with Crippen LogP contribution in [0.3, 0.4) is 0 Å². The fourth-order valence-electron chi connectivity index (χ4n) is 3.00. The van der Waals surface area contributed by atoms with Gasteiger partial charge in [0.05, 0.1) is 7.11 Å². The monoisotopic (exact) mass is 388 g/mol. The quantitative estimate of drug-likeness (QED) is 0.850. The molecule has 0 unspecified atom stereocenters. The van der Waals surface area contributed by atoms with Crippen molar-refractivity contribution in [3.05, 3.63) is 54.1 Å². The fourth-order valence-corrected chi connectivity index (χ4v) is 4.77. The van der Waals surface area contributed by atoms with Crippen LogP contribution in [0.1, 0.15) is 24.3 Å². The number of anilines is 2. The van der Waals surface area contributed by atoms with Gasteiger partial charge in [-0.1, -0.05) is 25.1 Å². The summed E-state index contributed by atoms with van der Waals surface area (Å²) in [5.41, 5.74) is 1.39. The normalized spacial score (nSPS) is 18.4. The van der Waals surface area contributed by atoms with Gasteiger partial charge in [0.2, 0.25) is 11.8 Å². The maximum absolute atomic E-state index is 12.7. The molecule has 27 heavy (non-hydrogen) atoms. The first kappa shape index (κ1) is 18.9. The van der Waals surface area contributed by atoms with E-state index in [-0.39, 0.29) is 5.91 Å². The maximum Gasteiger partial charge on any atom is 0.243 e. The van der Waals surface area contributed by atoms with Gasteiger partial charge in [0.1, 0.15) is 11.5 Å². The van der Waals surface area contributed by atoms with Gasteiger partial charge in [0, 0.05) is 17.8 Å². The lowest BCUT2D eigenvalue weighted by molar-refractivity contribution is -0.116. The van der Waals surface area contributed by atoms with Gasteiger partial charge in [-0.2, -0.15) is 0 Å². The van der Waals surface area contributed by atoms with E-state index in [2.05, 4.69) is 5.32 Å². The zero-order valence-corrected chi connectivity index (χ0v) is 15.8. The van der Waals surface area contributed by atoms with E-state index in [1.54, 1.807) is 55.5 Å². The van der Waals surface area contributed by atoms with Gasteiger partial charge in [0.25, 0.3) is 0 Å². The molecule has 8 heteroatoms. The van der Waals surface area contributed by atoms with E-state index in [0.29, 0.717) is 29.1 Å². The minimum atomic E-state index is -3.70. The number of carbonyl (C=O) groups excluding carboxylic acids is 2. The summed E-state index contributed by atoms with van der Waals surface area (Å²) < 4.78 is 30.4. The standard InChI is InChI=1S/C19H20N2O5S/c1-3-17(22)20-14-5-4-6-15(11-14)21-18(23)12-27(24,25)19(21)13-7-9-16(26-2)10-8-13/h4-11,19H,3,12H2,1-2H3,(H,20,22)/t19-/m1/s1. The van der Waals surface area contributed by atoms with Gasteiger partial charge in [-0.15, -0.1) is 0 Å². The van der Waals surface area contributed by atoms with E-state index >= 15 is 0 Å². The first-order chi connectivity index (χ1) is 12.9. The zero-order chi connectivity index (χ0) is 19.6. The fraction of sp³-hybridized carbons (Fsp3) is 0.263.